The van der Waals surface area contributed by atoms with Crippen LogP contribution in [0.2, 0.25) is 0 Å². The van der Waals surface area contributed by atoms with Gasteiger partial charge in [0.05, 0.1) is 11.0 Å². The van der Waals surface area contributed by atoms with Crippen molar-refractivity contribution in [2.45, 2.75) is 64.8 Å². The molecule has 1 saturated heterocycles. The number of nitrogens with zero attached hydrogens (tertiary/aromatic N) is 3. The standard InChI is InChI=1S/C24H34N4O2/c1-19(2)24(30)25-15-9-5-6-14-22-26-20-12-7-8-13-21(20)28(22)18-23(29)27-16-10-3-4-11-17-27/h7-8,12-13H,1,3-6,9-11,14-18H2,2H3,(H,25,30). The number of fused-ring (bicyclic) bond motifs is 1. The van der Waals surface area contributed by atoms with Crippen molar-refractivity contribution < 1.29 is 9.59 Å². The minimum atomic E-state index is -0.0798. The molecule has 1 aromatic carbocycles. The first-order chi connectivity index (χ1) is 14.6. The van der Waals surface area contributed by atoms with Gasteiger partial charge in [0.15, 0.2) is 0 Å². The number of hydrogen-bond acceptors (Lipinski definition) is 3. The topological polar surface area (TPSA) is 67.2 Å². The van der Waals surface area contributed by atoms with E-state index in [1.165, 1.54) is 12.8 Å². The van der Waals surface area contributed by atoms with Crippen LogP contribution < -0.4 is 5.32 Å². The summed E-state index contributed by atoms with van der Waals surface area (Å²) in [6, 6.07) is 8.06. The predicted molar refractivity (Wildman–Crippen MR) is 120 cm³/mol. The molecule has 6 heteroatoms. The van der Waals surface area contributed by atoms with Crippen LogP contribution in [0, 0.1) is 0 Å². The van der Waals surface area contributed by atoms with E-state index in [-0.39, 0.29) is 11.8 Å². The fraction of sp³-hybridized carbons (Fsp3) is 0.542. The first-order valence-corrected chi connectivity index (χ1v) is 11.2. The maximum atomic E-state index is 13.0. The molecule has 162 valence electrons. The largest absolute Gasteiger partial charge is 0.352 e. The number of likely N-dealkylation sites (tertiary alicyclic amines) is 1. The SMILES string of the molecule is C=C(C)C(=O)NCCCCCc1nc2ccccc2n1CC(=O)N1CCCCCC1. The van der Waals surface area contributed by atoms with Crippen molar-refractivity contribution in [2.75, 3.05) is 19.6 Å². The summed E-state index contributed by atoms with van der Waals surface area (Å²) in [6.07, 6.45) is 8.37. The fourth-order valence-electron chi connectivity index (χ4n) is 3.99. The van der Waals surface area contributed by atoms with Crippen LogP contribution in [0.4, 0.5) is 0 Å². The summed E-state index contributed by atoms with van der Waals surface area (Å²) in [4.78, 5) is 31.3. The van der Waals surface area contributed by atoms with Crippen LogP contribution in [-0.2, 0) is 22.6 Å². The summed E-state index contributed by atoms with van der Waals surface area (Å²) < 4.78 is 2.10. The molecule has 0 atom stereocenters. The summed E-state index contributed by atoms with van der Waals surface area (Å²) in [7, 11) is 0. The van der Waals surface area contributed by atoms with Gasteiger partial charge in [-0.25, -0.2) is 4.98 Å². The van der Waals surface area contributed by atoms with Crippen molar-refractivity contribution in [2.24, 2.45) is 0 Å². The second kappa shape index (κ2) is 11.0. The molecule has 0 unspecified atom stereocenters. The van der Waals surface area contributed by atoms with Gasteiger partial charge in [0.1, 0.15) is 12.4 Å². The highest BCUT2D eigenvalue weighted by molar-refractivity contribution is 5.92. The monoisotopic (exact) mass is 410 g/mol. The highest BCUT2D eigenvalue weighted by atomic mass is 16.2. The zero-order valence-electron chi connectivity index (χ0n) is 18.2. The van der Waals surface area contributed by atoms with Crippen molar-refractivity contribution >= 4 is 22.8 Å². The molecule has 1 fully saturated rings. The van der Waals surface area contributed by atoms with Gasteiger partial charge in [0.2, 0.25) is 11.8 Å². The number of carbonyl (C=O) groups is 2. The van der Waals surface area contributed by atoms with Crippen LogP contribution in [0.25, 0.3) is 11.0 Å². The Bertz CT molecular complexity index is 878. The van der Waals surface area contributed by atoms with Crippen LogP contribution in [0.5, 0.6) is 0 Å². The van der Waals surface area contributed by atoms with E-state index in [1.54, 1.807) is 6.92 Å². The summed E-state index contributed by atoms with van der Waals surface area (Å²) >= 11 is 0. The van der Waals surface area contributed by atoms with Crippen LogP contribution in [0.1, 0.15) is 57.7 Å². The van der Waals surface area contributed by atoms with Crippen molar-refractivity contribution in [3.63, 3.8) is 0 Å². The van der Waals surface area contributed by atoms with Crippen molar-refractivity contribution in [1.29, 1.82) is 0 Å². The molecule has 1 N–H and O–H groups in total. The molecule has 30 heavy (non-hydrogen) atoms. The van der Waals surface area contributed by atoms with E-state index < -0.39 is 0 Å². The zero-order chi connectivity index (χ0) is 21.3. The molecule has 2 amide bonds. The van der Waals surface area contributed by atoms with Gasteiger partial charge in [0, 0.05) is 31.6 Å². The van der Waals surface area contributed by atoms with Gasteiger partial charge in [-0.2, -0.15) is 0 Å². The number of unbranched alkanes of at least 4 members (excludes halogenated alkanes) is 2. The molecule has 3 rings (SSSR count). The molecule has 6 nitrogen and oxygen atoms in total. The Hall–Kier alpha value is -2.63. The van der Waals surface area contributed by atoms with E-state index in [0.29, 0.717) is 18.7 Å². The van der Waals surface area contributed by atoms with E-state index >= 15 is 0 Å². The molecule has 1 aromatic heterocycles. The third-order valence-corrected chi connectivity index (χ3v) is 5.74. The average molecular weight is 411 g/mol. The van der Waals surface area contributed by atoms with E-state index in [0.717, 1.165) is 68.5 Å². The van der Waals surface area contributed by atoms with Crippen molar-refractivity contribution in [3.8, 4) is 0 Å². The Morgan fingerprint density at radius 2 is 1.80 bits per heavy atom. The molecule has 1 aliphatic rings. The fourth-order valence-corrected chi connectivity index (χ4v) is 3.99. The summed E-state index contributed by atoms with van der Waals surface area (Å²) in [5, 5.41) is 2.87. The zero-order valence-corrected chi connectivity index (χ0v) is 18.2. The highest BCUT2D eigenvalue weighted by Gasteiger charge is 2.19. The Labute approximate surface area is 179 Å². The second-order valence-electron chi connectivity index (χ2n) is 8.24. The van der Waals surface area contributed by atoms with E-state index in [9.17, 15) is 9.59 Å². The van der Waals surface area contributed by atoms with Gasteiger partial charge in [0.25, 0.3) is 0 Å². The number of imidazole rings is 1. The lowest BCUT2D eigenvalue weighted by Crippen LogP contribution is -2.34. The number of carbonyl (C=O) groups excluding carboxylic acids is 2. The van der Waals surface area contributed by atoms with Gasteiger partial charge in [-0.3, -0.25) is 9.59 Å². The lowest BCUT2D eigenvalue weighted by atomic mass is 10.2. The minimum absolute atomic E-state index is 0.0798. The Kier molecular flexibility index (Phi) is 8.05. The maximum Gasteiger partial charge on any atom is 0.246 e. The number of rotatable bonds is 9. The average Bonchev–Trinajstić information content (AvgIpc) is 2.91. The minimum Gasteiger partial charge on any atom is -0.352 e. The van der Waals surface area contributed by atoms with E-state index in [2.05, 4.69) is 22.5 Å². The maximum absolute atomic E-state index is 13.0. The first kappa shape index (κ1) is 22.1. The third kappa shape index (κ3) is 5.94. The molecular formula is C24H34N4O2. The van der Waals surface area contributed by atoms with Crippen LogP contribution >= 0.6 is 0 Å². The third-order valence-electron chi connectivity index (χ3n) is 5.74. The van der Waals surface area contributed by atoms with Crippen LogP contribution in [-0.4, -0.2) is 45.9 Å². The number of aryl methyl sites for hydroxylation is 1. The molecule has 2 aromatic rings. The predicted octanol–water partition coefficient (Wildman–Crippen LogP) is 3.84. The number of benzene rings is 1. The number of para-hydroxylation sites is 2. The first-order valence-electron chi connectivity index (χ1n) is 11.2. The summed E-state index contributed by atoms with van der Waals surface area (Å²) in [6.45, 7) is 8.13. The molecule has 0 saturated carbocycles. The molecular weight excluding hydrogens is 376 g/mol. The quantitative estimate of drug-likeness (QED) is 0.504. The lowest BCUT2D eigenvalue weighted by molar-refractivity contribution is -0.131. The Morgan fingerprint density at radius 3 is 2.53 bits per heavy atom. The molecule has 2 heterocycles. The molecule has 0 radical (unpaired) electrons. The number of nitrogens with one attached hydrogen (secondary N) is 1. The second-order valence-corrected chi connectivity index (χ2v) is 8.24. The summed E-state index contributed by atoms with van der Waals surface area (Å²) in [5.74, 6) is 1.10. The summed E-state index contributed by atoms with van der Waals surface area (Å²) in [5.41, 5.74) is 2.52. The van der Waals surface area contributed by atoms with Gasteiger partial charge in [-0.05, 0) is 44.7 Å². The smallest absolute Gasteiger partial charge is 0.246 e. The van der Waals surface area contributed by atoms with Crippen molar-refractivity contribution in [3.05, 3.63) is 42.2 Å². The van der Waals surface area contributed by atoms with Gasteiger partial charge in [-0.1, -0.05) is 38.0 Å². The van der Waals surface area contributed by atoms with E-state index in [4.69, 9.17) is 4.98 Å². The van der Waals surface area contributed by atoms with E-state index in [1.807, 2.05) is 23.1 Å². The Morgan fingerprint density at radius 1 is 1.07 bits per heavy atom. The lowest BCUT2D eigenvalue weighted by Gasteiger charge is -2.21. The highest BCUT2D eigenvalue weighted by Crippen LogP contribution is 2.19. The number of aromatic nitrogens is 2. The molecule has 0 spiro atoms. The van der Waals surface area contributed by atoms with Crippen LogP contribution in [0.3, 0.4) is 0 Å². The molecule has 0 bridgehead atoms. The normalized spacial score (nSPS) is 14.5. The number of hydrogen-bond donors (Lipinski definition) is 1. The van der Waals surface area contributed by atoms with Crippen molar-refractivity contribution in [1.82, 2.24) is 19.8 Å². The van der Waals surface area contributed by atoms with Gasteiger partial charge < -0.3 is 14.8 Å². The molecule has 1 aliphatic heterocycles. The Balaban J connectivity index is 1.59. The van der Waals surface area contributed by atoms with Gasteiger partial charge >= 0.3 is 0 Å². The molecule has 0 aliphatic carbocycles. The van der Waals surface area contributed by atoms with Gasteiger partial charge in [-0.15, -0.1) is 0 Å². The number of amides is 2. The van der Waals surface area contributed by atoms with Crippen LogP contribution in [0.15, 0.2) is 36.4 Å².